The van der Waals surface area contributed by atoms with Crippen molar-refractivity contribution >= 4 is 25.8 Å². The van der Waals surface area contributed by atoms with Gasteiger partial charge in [0.1, 0.15) is 0 Å². The van der Waals surface area contributed by atoms with Gasteiger partial charge in [-0.15, -0.1) is 0 Å². The lowest BCUT2D eigenvalue weighted by Gasteiger charge is -2.10. The molecule has 1 aromatic rings. The van der Waals surface area contributed by atoms with Gasteiger partial charge in [-0.3, -0.25) is 0 Å². The van der Waals surface area contributed by atoms with Crippen LogP contribution in [0, 0.1) is 11.3 Å². The standard InChI is InChI=1S/C13H14BrNO2S/c1-11(9-14)7-8-13(10-15)18(16,17)12-5-3-2-4-6-12/h2-6,9,13H,7-8H2,1H3/b11-9+. The molecule has 0 N–H and O–H groups in total. The molecule has 0 radical (unpaired) electrons. The van der Waals surface area contributed by atoms with Crippen molar-refractivity contribution in [1.82, 2.24) is 0 Å². The molecule has 0 aliphatic carbocycles. The molecule has 18 heavy (non-hydrogen) atoms. The molecule has 0 aliphatic rings. The van der Waals surface area contributed by atoms with Crippen LogP contribution in [0.25, 0.3) is 0 Å². The van der Waals surface area contributed by atoms with E-state index < -0.39 is 15.1 Å². The summed E-state index contributed by atoms with van der Waals surface area (Å²) in [5.41, 5.74) is 1.01. The lowest BCUT2D eigenvalue weighted by Crippen LogP contribution is -2.19. The van der Waals surface area contributed by atoms with E-state index in [1.807, 2.05) is 13.0 Å². The van der Waals surface area contributed by atoms with Crippen LogP contribution in [0.4, 0.5) is 0 Å². The van der Waals surface area contributed by atoms with Crippen LogP contribution in [0.1, 0.15) is 19.8 Å². The van der Waals surface area contributed by atoms with Crippen LogP contribution < -0.4 is 0 Å². The summed E-state index contributed by atoms with van der Waals surface area (Å²) in [6.07, 6.45) is 0.886. The fourth-order valence-corrected chi connectivity index (χ4v) is 3.14. The minimum atomic E-state index is -3.56. The summed E-state index contributed by atoms with van der Waals surface area (Å²) in [6, 6.07) is 9.99. The van der Waals surface area contributed by atoms with Crippen LogP contribution in [0.15, 0.2) is 45.8 Å². The van der Waals surface area contributed by atoms with E-state index >= 15 is 0 Å². The van der Waals surface area contributed by atoms with E-state index in [1.165, 1.54) is 12.1 Å². The first-order chi connectivity index (χ1) is 8.52. The highest BCUT2D eigenvalue weighted by atomic mass is 79.9. The zero-order valence-electron chi connectivity index (χ0n) is 10.0. The molecular weight excluding hydrogens is 314 g/mol. The Morgan fingerprint density at radius 3 is 2.56 bits per heavy atom. The number of hydrogen-bond donors (Lipinski definition) is 0. The van der Waals surface area contributed by atoms with E-state index in [1.54, 1.807) is 23.2 Å². The lowest BCUT2D eigenvalue weighted by atomic mass is 10.1. The molecule has 0 aliphatic heterocycles. The van der Waals surface area contributed by atoms with E-state index in [0.29, 0.717) is 12.8 Å². The van der Waals surface area contributed by atoms with Crippen molar-refractivity contribution < 1.29 is 8.42 Å². The van der Waals surface area contributed by atoms with Crippen LogP contribution in [0.5, 0.6) is 0 Å². The first kappa shape index (κ1) is 14.9. The van der Waals surface area contributed by atoms with Crippen LogP contribution in [0.3, 0.4) is 0 Å². The van der Waals surface area contributed by atoms with Gasteiger partial charge in [0.2, 0.25) is 0 Å². The van der Waals surface area contributed by atoms with Gasteiger partial charge in [0.05, 0.1) is 11.0 Å². The molecule has 3 nitrogen and oxygen atoms in total. The number of nitriles is 1. The number of nitrogens with zero attached hydrogens (tertiary/aromatic N) is 1. The van der Waals surface area contributed by atoms with Crippen molar-refractivity contribution in [2.75, 3.05) is 0 Å². The van der Waals surface area contributed by atoms with E-state index in [4.69, 9.17) is 5.26 Å². The van der Waals surface area contributed by atoms with Gasteiger partial charge in [0.15, 0.2) is 15.1 Å². The second-order valence-electron chi connectivity index (χ2n) is 3.97. The number of benzene rings is 1. The van der Waals surface area contributed by atoms with Gasteiger partial charge in [-0.25, -0.2) is 8.42 Å². The van der Waals surface area contributed by atoms with Crippen molar-refractivity contribution in [3.63, 3.8) is 0 Å². The molecule has 0 saturated carbocycles. The van der Waals surface area contributed by atoms with Gasteiger partial charge in [0, 0.05) is 0 Å². The van der Waals surface area contributed by atoms with Gasteiger partial charge in [-0.1, -0.05) is 39.7 Å². The van der Waals surface area contributed by atoms with E-state index in [2.05, 4.69) is 15.9 Å². The first-order valence-electron chi connectivity index (χ1n) is 5.46. The lowest BCUT2D eigenvalue weighted by molar-refractivity contribution is 0.585. The molecule has 0 fully saturated rings. The van der Waals surface area contributed by atoms with Crippen LogP contribution in [-0.2, 0) is 9.84 Å². The third-order valence-corrected chi connectivity index (χ3v) is 5.38. The summed E-state index contributed by atoms with van der Waals surface area (Å²) in [6.45, 7) is 1.89. The Balaban J connectivity index is 2.93. The normalized spacial score (nSPS) is 13.9. The second kappa shape index (κ2) is 6.72. The molecule has 0 spiro atoms. The van der Waals surface area contributed by atoms with Gasteiger partial charge >= 0.3 is 0 Å². The monoisotopic (exact) mass is 327 g/mol. The minimum Gasteiger partial charge on any atom is -0.222 e. The van der Waals surface area contributed by atoms with E-state index in [0.717, 1.165) is 5.57 Å². The molecule has 0 aromatic heterocycles. The van der Waals surface area contributed by atoms with Crippen molar-refractivity contribution in [3.8, 4) is 6.07 Å². The van der Waals surface area contributed by atoms with E-state index in [9.17, 15) is 8.42 Å². The third kappa shape index (κ3) is 3.69. The van der Waals surface area contributed by atoms with Crippen molar-refractivity contribution in [3.05, 3.63) is 40.9 Å². The summed E-state index contributed by atoms with van der Waals surface area (Å²) < 4.78 is 24.4. The first-order valence-corrected chi connectivity index (χ1v) is 7.93. The molecular formula is C13H14BrNO2S. The molecule has 1 aromatic carbocycles. The predicted molar refractivity (Wildman–Crippen MR) is 74.9 cm³/mol. The molecule has 0 amide bonds. The largest absolute Gasteiger partial charge is 0.222 e. The van der Waals surface area contributed by atoms with Crippen LogP contribution >= 0.6 is 15.9 Å². The molecule has 1 atom stereocenters. The Hall–Kier alpha value is -1.12. The zero-order valence-corrected chi connectivity index (χ0v) is 12.4. The van der Waals surface area contributed by atoms with Crippen LogP contribution in [-0.4, -0.2) is 13.7 Å². The molecule has 1 rings (SSSR count). The number of sulfone groups is 1. The summed E-state index contributed by atoms with van der Waals surface area (Å²) in [5.74, 6) is 0. The number of rotatable bonds is 5. The summed E-state index contributed by atoms with van der Waals surface area (Å²) in [5, 5.41) is 8.05. The van der Waals surface area contributed by atoms with Gasteiger partial charge < -0.3 is 0 Å². The summed E-state index contributed by atoms with van der Waals surface area (Å²) in [4.78, 5) is 1.95. The van der Waals surface area contributed by atoms with Gasteiger partial charge in [0.25, 0.3) is 0 Å². The minimum absolute atomic E-state index is 0.206. The van der Waals surface area contributed by atoms with Gasteiger partial charge in [-0.2, -0.15) is 5.26 Å². The maximum Gasteiger partial charge on any atom is 0.194 e. The smallest absolute Gasteiger partial charge is 0.194 e. The quantitative estimate of drug-likeness (QED) is 0.832. The Labute approximate surface area is 116 Å². The van der Waals surface area contributed by atoms with Crippen LogP contribution in [0.2, 0.25) is 0 Å². The average molecular weight is 328 g/mol. The number of halogens is 1. The SMILES string of the molecule is C/C(=C\Br)CCC(C#N)S(=O)(=O)c1ccccc1. The fourth-order valence-electron chi connectivity index (χ4n) is 1.48. The average Bonchev–Trinajstić information content (AvgIpc) is 2.39. The zero-order chi connectivity index (χ0) is 13.6. The molecule has 96 valence electrons. The Bertz CT molecular complexity index is 558. The fraction of sp³-hybridized carbons (Fsp3) is 0.308. The topological polar surface area (TPSA) is 57.9 Å². The summed E-state index contributed by atoms with van der Waals surface area (Å²) >= 11 is 3.19. The number of hydrogen-bond acceptors (Lipinski definition) is 3. The Morgan fingerprint density at radius 2 is 2.06 bits per heavy atom. The molecule has 0 heterocycles. The Kier molecular flexibility index (Phi) is 5.57. The molecule has 0 bridgehead atoms. The van der Waals surface area contributed by atoms with Gasteiger partial charge in [-0.05, 0) is 36.9 Å². The highest BCUT2D eigenvalue weighted by Crippen LogP contribution is 2.20. The molecule has 5 heteroatoms. The van der Waals surface area contributed by atoms with Crippen molar-refractivity contribution in [1.29, 1.82) is 5.26 Å². The highest BCUT2D eigenvalue weighted by Gasteiger charge is 2.26. The number of allylic oxidation sites excluding steroid dienone is 1. The highest BCUT2D eigenvalue weighted by molar-refractivity contribution is 9.11. The Morgan fingerprint density at radius 1 is 1.44 bits per heavy atom. The second-order valence-corrected chi connectivity index (χ2v) is 6.56. The third-order valence-electron chi connectivity index (χ3n) is 2.58. The van der Waals surface area contributed by atoms with Crippen molar-refractivity contribution in [2.45, 2.75) is 29.9 Å². The molecule has 0 saturated heterocycles. The van der Waals surface area contributed by atoms with Crippen molar-refractivity contribution in [2.24, 2.45) is 0 Å². The predicted octanol–water partition coefficient (Wildman–Crippen LogP) is 3.43. The summed E-state index contributed by atoms with van der Waals surface area (Å²) in [7, 11) is -3.56. The maximum atomic E-state index is 12.2. The van der Waals surface area contributed by atoms with E-state index in [-0.39, 0.29) is 4.90 Å². The maximum absolute atomic E-state index is 12.2. The molecule has 1 unspecified atom stereocenters.